The second-order valence-corrected chi connectivity index (χ2v) is 3.67. The molecule has 0 fully saturated rings. The summed E-state index contributed by atoms with van der Waals surface area (Å²) in [5.41, 5.74) is 1.86. The molecule has 0 radical (unpaired) electrons. The Bertz CT molecular complexity index is 387. The van der Waals surface area contributed by atoms with Crippen molar-refractivity contribution in [2.75, 3.05) is 18.9 Å². The van der Waals surface area contributed by atoms with Crippen LogP contribution in [0.15, 0.2) is 24.3 Å². The number of carbonyl (C=O) groups is 2. The van der Waals surface area contributed by atoms with Crippen molar-refractivity contribution < 1.29 is 9.59 Å². The molecule has 5 nitrogen and oxygen atoms in total. The van der Waals surface area contributed by atoms with Gasteiger partial charge in [-0.15, -0.1) is 0 Å². The molecular formula is C12H17N3O2. The highest BCUT2D eigenvalue weighted by atomic mass is 16.2. The van der Waals surface area contributed by atoms with Crippen LogP contribution >= 0.6 is 0 Å². The van der Waals surface area contributed by atoms with Crippen LogP contribution in [0.1, 0.15) is 12.0 Å². The molecule has 17 heavy (non-hydrogen) atoms. The monoisotopic (exact) mass is 235 g/mol. The van der Waals surface area contributed by atoms with Crippen LogP contribution in [0, 0.1) is 6.92 Å². The lowest BCUT2D eigenvalue weighted by Gasteiger charge is -2.07. The van der Waals surface area contributed by atoms with Crippen molar-refractivity contribution in [1.29, 1.82) is 0 Å². The fraction of sp³-hybridized carbons (Fsp3) is 0.333. The standard InChI is InChI=1S/C12H17N3O2/c1-9-3-5-10(6-4-9)15-12(17)14-8-7-11(16)13-2/h3-6H,7-8H2,1-2H3,(H,13,16)(H2,14,15,17). The molecule has 92 valence electrons. The van der Waals surface area contributed by atoms with Gasteiger partial charge in [-0.3, -0.25) is 4.79 Å². The molecule has 1 aromatic carbocycles. The minimum atomic E-state index is -0.308. The van der Waals surface area contributed by atoms with E-state index in [1.807, 2.05) is 31.2 Å². The molecule has 0 saturated heterocycles. The van der Waals surface area contributed by atoms with E-state index in [0.717, 1.165) is 11.3 Å². The predicted molar refractivity (Wildman–Crippen MR) is 66.9 cm³/mol. The first-order valence-corrected chi connectivity index (χ1v) is 5.44. The van der Waals surface area contributed by atoms with E-state index in [-0.39, 0.29) is 18.4 Å². The van der Waals surface area contributed by atoms with Crippen LogP contribution in [-0.2, 0) is 4.79 Å². The zero-order chi connectivity index (χ0) is 12.7. The van der Waals surface area contributed by atoms with Gasteiger partial charge in [0.15, 0.2) is 0 Å². The molecule has 0 aliphatic heterocycles. The molecule has 0 aromatic heterocycles. The highest BCUT2D eigenvalue weighted by Crippen LogP contribution is 2.07. The van der Waals surface area contributed by atoms with Crippen molar-refractivity contribution in [3.8, 4) is 0 Å². The Hall–Kier alpha value is -2.04. The summed E-state index contributed by atoms with van der Waals surface area (Å²) in [6.07, 6.45) is 0.276. The third-order valence-corrected chi connectivity index (χ3v) is 2.23. The van der Waals surface area contributed by atoms with Crippen LogP contribution in [0.5, 0.6) is 0 Å². The SMILES string of the molecule is CNC(=O)CCNC(=O)Nc1ccc(C)cc1. The van der Waals surface area contributed by atoms with Gasteiger partial charge in [0.2, 0.25) is 5.91 Å². The van der Waals surface area contributed by atoms with E-state index in [0.29, 0.717) is 6.54 Å². The van der Waals surface area contributed by atoms with Gasteiger partial charge in [0.25, 0.3) is 0 Å². The molecule has 0 saturated carbocycles. The van der Waals surface area contributed by atoms with Gasteiger partial charge >= 0.3 is 6.03 Å². The van der Waals surface area contributed by atoms with Crippen LogP contribution in [0.25, 0.3) is 0 Å². The van der Waals surface area contributed by atoms with Gasteiger partial charge in [0.1, 0.15) is 0 Å². The smallest absolute Gasteiger partial charge is 0.319 e. The average molecular weight is 235 g/mol. The zero-order valence-corrected chi connectivity index (χ0v) is 10.0. The molecule has 0 aliphatic carbocycles. The Morgan fingerprint density at radius 2 is 1.82 bits per heavy atom. The quantitative estimate of drug-likeness (QED) is 0.735. The number of carbonyl (C=O) groups excluding carboxylic acids is 2. The highest BCUT2D eigenvalue weighted by molar-refractivity contribution is 5.89. The number of urea groups is 1. The Kier molecular flexibility index (Phi) is 5.00. The largest absolute Gasteiger partial charge is 0.359 e. The molecule has 1 rings (SSSR count). The molecule has 0 atom stereocenters. The van der Waals surface area contributed by atoms with Crippen molar-refractivity contribution in [2.24, 2.45) is 0 Å². The van der Waals surface area contributed by atoms with Crippen LogP contribution in [0.4, 0.5) is 10.5 Å². The first-order valence-electron chi connectivity index (χ1n) is 5.44. The lowest BCUT2D eigenvalue weighted by atomic mass is 10.2. The lowest BCUT2D eigenvalue weighted by molar-refractivity contribution is -0.120. The summed E-state index contributed by atoms with van der Waals surface area (Å²) in [5, 5.41) is 7.76. The van der Waals surface area contributed by atoms with Crippen molar-refractivity contribution in [2.45, 2.75) is 13.3 Å². The van der Waals surface area contributed by atoms with Gasteiger partial charge in [-0.2, -0.15) is 0 Å². The van der Waals surface area contributed by atoms with Gasteiger partial charge in [-0.25, -0.2) is 4.79 Å². The van der Waals surface area contributed by atoms with Crippen LogP contribution in [0.2, 0.25) is 0 Å². The lowest BCUT2D eigenvalue weighted by Crippen LogP contribution is -2.32. The third-order valence-electron chi connectivity index (χ3n) is 2.23. The molecular weight excluding hydrogens is 218 g/mol. The second kappa shape index (κ2) is 6.52. The number of hydrogen-bond acceptors (Lipinski definition) is 2. The van der Waals surface area contributed by atoms with Crippen LogP contribution in [0.3, 0.4) is 0 Å². The molecule has 5 heteroatoms. The number of benzene rings is 1. The summed E-state index contributed by atoms with van der Waals surface area (Å²) < 4.78 is 0. The maximum absolute atomic E-state index is 11.4. The summed E-state index contributed by atoms with van der Waals surface area (Å²) in [6, 6.07) is 7.18. The number of anilines is 1. The van der Waals surface area contributed by atoms with E-state index in [1.54, 1.807) is 7.05 Å². The Morgan fingerprint density at radius 3 is 2.41 bits per heavy atom. The first kappa shape index (κ1) is 13.0. The van der Waals surface area contributed by atoms with Crippen molar-refractivity contribution in [3.05, 3.63) is 29.8 Å². The van der Waals surface area contributed by atoms with Gasteiger partial charge < -0.3 is 16.0 Å². The first-order chi connectivity index (χ1) is 8.11. The normalized spacial score (nSPS) is 9.53. The van der Waals surface area contributed by atoms with Gasteiger partial charge in [0.05, 0.1) is 0 Å². The van der Waals surface area contributed by atoms with Crippen molar-refractivity contribution >= 4 is 17.6 Å². The zero-order valence-electron chi connectivity index (χ0n) is 10.0. The van der Waals surface area contributed by atoms with Crippen LogP contribution < -0.4 is 16.0 Å². The molecule has 3 amide bonds. The number of aryl methyl sites for hydroxylation is 1. The molecule has 0 unspecified atom stereocenters. The number of amides is 3. The fourth-order valence-electron chi connectivity index (χ4n) is 1.23. The van der Waals surface area contributed by atoms with Crippen LogP contribution in [-0.4, -0.2) is 25.5 Å². The summed E-state index contributed by atoms with van der Waals surface area (Å²) in [4.78, 5) is 22.3. The Balaban J connectivity index is 2.30. The topological polar surface area (TPSA) is 70.2 Å². The third kappa shape index (κ3) is 5.01. The summed E-state index contributed by atoms with van der Waals surface area (Å²) in [6.45, 7) is 2.30. The Labute approximate surface area is 101 Å². The predicted octanol–water partition coefficient (Wildman–Crippen LogP) is 1.25. The summed E-state index contributed by atoms with van der Waals surface area (Å²) in [5.74, 6) is -0.0966. The van der Waals surface area contributed by atoms with E-state index < -0.39 is 0 Å². The van der Waals surface area contributed by atoms with Crippen molar-refractivity contribution in [1.82, 2.24) is 10.6 Å². The molecule has 0 heterocycles. The molecule has 0 aliphatic rings. The number of rotatable bonds is 4. The molecule has 0 spiro atoms. The van der Waals surface area contributed by atoms with E-state index >= 15 is 0 Å². The van der Waals surface area contributed by atoms with Gasteiger partial charge in [0, 0.05) is 25.7 Å². The van der Waals surface area contributed by atoms with E-state index in [9.17, 15) is 9.59 Å². The summed E-state index contributed by atoms with van der Waals surface area (Å²) in [7, 11) is 1.56. The fourth-order valence-corrected chi connectivity index (χ4v) is 1.23. The average Bonchev–Trinajstić information content (AvgIpc) is 2.32. The molecule has 0 bridgehead atoms. The molecule has 1 aromatic rings. The summed E-state index contributed by atoms with van der Waals surface area (Å²) >= 11 is 0. The highest BCUT2D eigenvalue weighted by Gasteiger charge is 2.02. The van der Waals surface area contributed by atoms with E-state index in [2.05, 4.69) is 16.0 Å². The van der Waals surface area contributed by atoms with E-state index in [4.69, 9.17) is 0 Å². The minimum Gasteiger partial charge on any atom is -0.359 e. The maximum Gasteiger partial charge on any atom is 0.319 e. The maximum atomic E-state index is 11.4. The van der Waals surface area contributed by atoms with Gasteiger partial charge in [-0.05, 0) is 19.1 Å². The Morgan fingerprint density at radius 1 is 1.18 bits per heavy atom. The van der Waals surface area contributed by atoms with Gasteiger partial charge in [-0.1, -0.05) is 17.7 Å². The minimum absolute atomic E-state index is 0.0966. The van der Waals surface area contributed by atoms with Crippen molar-refractivity contribution in [3.63, 3.8) is 0 Å². The number of nitrogens with one attached hydrogen (secondary N) is 3. The second-order valence-electron chi connectivity index (χ2n) is 3.67. The van der Waals surface area contributed by atoms with E-state index in [1.165, 1.54) is 0 Å². The molecule has 3 N–H and O–H groups in total. The number of hydrogen-bond donors (Lipinski definition) is 3.